The molecule has 0 radical (unpaired) electrons. The van der Waals surface area contributed by atoms with E-state index in [0.717, 1.165) is 84.0 Å². The Bertz CT molecular complexity index is 2220. The van der Waals surface area contributed by atoms with Crippen LogP contribution >= 0.6 is 0 Å². The van der Waals surface area contributed by atoms with Gasteiger partial charge in [0.1, 0.15) is 5.75 Å². The van der Waals surface area contributed by atoms with Gasteiger partial charge in [-0.1, -0.05) is 72.8 Å². The molecule has 0 saturated carbocycles. The van der Waals surface area contributed by atoms with Gasteiger partial charge in [-0.05, 0) is 83.5 Å². The van der Waals surface area contributed by atoms with Gasteiger partial charge in [-0.2, -0.15) is 0 Å². The summed E-state index contributed by atoms with van der Waals surface area (Å²) in [5.74, 6) is 0.789. The molecule has 0 saturated heterocycles. The highest BCUT2D eigenvalue weighted by Gasteiger charge is 2.17. The minimum Gasteiger partial charge on any atom is -0.497 e. The molecular weight excluding hydrogens is 540 g/mol. The molecule has 5 heteroatoms. The molecule has 8 rings (SSSR count). The minimum absolute atomic E-state index is 0.789. The van der Waals surface area contributed by atoms with E-state index >= 15 is 0 Å². The van der Waals surface area contributed by atoms with Crippen LogP contribution in [-0.2, 0) is 0 Å². The molecule has 44 heavy (non-hydrogen) atoms. The van der Waals surface area contributed by atoms with Gasteiger partial charge in [0, 0.05) is 38.8 Å². The zero-order chi connectivity index (χ0) is 29.5. The second kappa shape index (κ2) is 10.7. The lowest BCUT2D eigenvalue weighted by Gasteiger charge is -2.07. The van der Waals surface area contributed by atoms with Crippen molar-refractivity contribution in [3.05, 3.63) is 138 Å². The van der Waals surface area contributed by atoms with Gasteiger partial charge in [0.05, 0.1) is 29.9 Å². The number of nitrogens with one attached hydrogen (secondary N) is 2. The predicted octanol–water partition coefficient (Wildman–Crippen LogP) is 9.67. The molecule has 210 valence electrons. The van der Waals surface area contributed by atoms with Crippen molar-refractivity contribution in [3.8, 4) is 39.1 Å². The standard InChI is InChI=1S/C39H28N4O/c1-44-30-14-8-13-27(23-30)39-35-21-19-33(42-35)37(25-9-4-2-5-10-25)31-17-15-28(40-31)24-29-16-18-32(41-29)38(26-11-6-3-7-12-26)34-20-22-36(39)43-34/h2-24,40,43H,1H3. The number of H-pyrrole nitrogens is 2. The van der Waals surface area contributed by atoms with Crippen LogP contribution < -0.4 is 4.74 Å². The van der Waals surface area contributed by atoms with Gasteiger partial charge in [0.15, 0.2) is 0 Å². The lowest BCUT2D eigenvalue weighted by atomic mass is 10.0. The molecule has 6 aromatic rings. The molecule has 0 spiro atoms. The molecular formula is C39H28N4O. The Hall–Kier alpha value is -5.94. The highest BCUT2D eigenvalue weighted by atomic mass is 16.5. The average Bonchev–Trinajstić information content (AvgIpc) is 3.89. The SMILES string of the molecule is COc1cccc(-c2c3nc(c(-c4ccccc4)c4ccc(cc5nc(c(-c6ccccc6)c6ccc2[nH]6)C=C5)[nH]4)C=C3)c1. The first kappa shape index (κ1) is 25.7. The van der Waals surface area contributed by atoms with E-state index in [1.54, 1.807) is 7.11 Å². The summed E-state index contributed by atoms with van der Waals surface area (Å²) in [6, 6.07) is 39.5. The van der Waals surface area contributed by atoms with Crippen molar-refractivity contribution in [2.24, 2.45) is 0 Å². The summed E-state index contributed by atoms with van der Waals surface area (Å²) in [5.41, 5.74) is 13.7. The fraction of sp³-hybridized carbons (Fsp3) is 0.0256. The number of nitrogens with zero attached hydrogens (tertiary/aromatic N) is 2. The molecule has 5 nitrogen and oxygen atoms in total. The van der Waals surface area contributed by atoms with Gasteiger partial charge < -0.3 is 14.7 Å². The van der Waals surface area contributed by atoms with Crippen LogP contribution in [0.5, 0.6) is 5.75 Å². The van der Waals surface area contributed by atoms with Crippen LogP contribution in [0.25, 0.3) is 79.8 Å². The maximum Gasteiger partial charge on any atom is 0.119 e. The van der Waals surface area contributed by atoms with Crippen molar-refractivity contribution in [2.75, 3.05) is 7.11 Å². The lowest BCUT2D eigenvalue weighted by molar-refractivity contribution is 0.415. The van der Waals surface area contributed by atoms with Crippen molar-refractivity contribution in [3.63, 3.8) is 0 Å². The molecule has 0 aliphatic carbocycles. The zero-order valence-corrected chi connectivity index (χ0v) is 24.1. The van der Waals surface area contributed by atoms with Gasteiger partial charge in [0.25, 0.3) is 0 Å². The first-order chi connectivity index (χ1) is 21.7. The minimum atomic E-state index is 0.789. The largest absolute Gasteiger partial charge is 0.497 e. The molecule has 2 aliphatic rings. The van der Waals surface area contributed by atoms with Crippen molar-refractivity contribution < 1.29 is 4.74 Å². The first-order valence-corrected chi connectivity index (χ1v) is 14.6. The molecule has 3 aromatic heterocycles. The molecule has 0 atom stereocenters. The van der Waals surface area contributed by atoms with E-state index in [1.807, 2.05) is 24.3 Å². The number of ether oxygens (including phenoxy) is 1. The van der Waals surface area contributed by atoms with Gasteiger partial charge in [0.2, 0.25) is 0 Å². The van der Waals surface area contributed by atoms with E-state index in [2.05, 4.69) is 125 Å². The normalized spacial score (nSPS) is 12.0. The Morgan fingerprint density at radius 1 is 0.477 bits per heavy atom. The summed E-state index contributed by atoms with van der Waals surface area (Å²) in [6.07, 6.45) is 8.38. The summed E-state index contributed by atoms with van der Waals surface area (Å²) in [5, 5.41) is 0. The summed E-state index contributed by atoms with van der Waals surface area (Å²) < 4.78 is 5.63. The molecule has 0 fully saturated rings. The average molecular weight is 569 g/mol. The van der Waals surface area contributed by atoms with Gasteiger partial charge in [-0.25, -0.2) is 9.97 Å². The Balaban J connectivity index is 1.54. The number of rotatable bonds is 4. The summed E-state index contributed by atoms with van der Waals surface area (Å²) >= 11 is 0. The van der Waals surface area contributed by atoms with Gasteiger partial charge >= 0.3 is 0 Å². The van der Waals surface area contributed by atoms with Crippen LogP contribution in [-0.4, -0.2) is 27.0 Å². The first-order valence-electron chi connectivity index (χ1n) is 14.6. The van der Waals surface area contributed by atoms with Crippen molar-refractivity contribution in [1.29, 1.82) is 0 Å². The fourth-order valence-electron chi connectivity index (χ4n) is 6.04. The number of aromatic nitrogens is 4. The number of aromatic amines is 2. The van der Waals surface area contributed by atoms with E-state index in [1.165, 1.54) is 0 Å². The highest BCUT2D eigenvalue weighted by Crippen LogP contribution is 2.36. The summed E-state index contributed by atoms with van der Waals surface area (Å²) in [7, 11) is 1.69. The second-order valence-corrected chi connectivity index (χ2v) is 10.8. The maximum atomic E-state index is 5.63. The summed E-state index contributed by atoms with van der Waals surface area (Å²) in [6.45, 7) is 0. The topological polar surface area (TPSA) is 66.6 Å². The molecule has 0 amide bonds. The molecule has 5 heterocycles. The maximum absolute atomic E-state index is 5.63. The predicted molar refractivity (Wildman–Crippen MR) is 182 cm³/mol. The van der Waals surface area contributed by atoms with Crippen LogP contribution in [0, 0.1) is 0 Å². The second-order valence-electron chi connectivity index (χ2n) is 10.8. The Morgan fingerprint density at radius 3 is 1.68 bits per heavy atom. The molecule has 2 aliphatic heterocycles. The molecule has 3 aromatic carbocycles. The summed E-state index contributed by atoms with van der Waals surface area (Å²) in [4.78, 5) is 17.7. The highest BCUT2D eigenvalue weighted by molar-refractivity contribution is 5.97. The number of methoxy groups -OCH3 is 1. The van der Waals surface area contributed by atoms with Crippen LogP contribution in [0.1, 0.15) is 22.8 Å². The van der Waals surface area contributed by atoms with E-state index in [4.69, 9.17) is 14.7 Å². The third-order valence-electron chi connectivity index (χ3n) is 8.06. The zero-order valence-electron chi connectivity index (χ0n) is 24.1. The Morgan fingerprint density at radius 2 is 1.02 bits per heavy atom. The lowest BCUT2D eigenvalue weighted by Crippen LogP contribution is -1.89. The van der Waals surface area contributed by atoms with Crippen LogP contribution in [0.3, 0.4) is 0 Å². The van der Waals surface area contributed by atoms with Crippen molar-refractivity contribution in [1.82, 2.24) is 19.9 Å². The van der Waals surface area contributed by atoms with E-state index in [9.17, 15) is 0 Å². The number of fused-ring (bicyclic) bond motifs is 8. The Labute approximate surface area is 254 Å². The number of hydrogen-bond donors (Lipinski definition) is 2. The Kier molecular flexibility index (Phi) is 6.27. The van der Waals surface area contributed by atoms with Crippen molar-refractivity contribution >= 4 is 46.4 Å². The number of hydrogen-bond acceptors (Lipinski definition) is 3. The van der Waals surface area contributed by atoms with E-state index in [0.29, 0.717) is 0 Å². The molecule has 0 unspecified atom stereocenters. The molecule has 8 bridgehead atoms. The third kappa shape index (κ3) is 4.61. The molecule has 2 N–H and O–H groups in total. The third-order valence-corrected chi connectivity index (χ3v) is 8.06. The van der Waals surface area contributed by atoms with Gasteiger partial charge in [-0.3, -0.25) is 0 Å². The van der Waals surface area contributed by atoms with Gasteiger partial charge in [-0.15, -0.1) is 0 Å². The van der Waals surface area contributed by atoms with E-state index < -0.39 is 0 Å². The quantitative estimate of drug-likeness (QED) is 0.222. The van der Waals surface area contributed by atoms with Crippen LogP contribution in [0.15, 0.2) is 115 Å². The smallest absolute Gasteiger partial charge is 0.119 e. The monoisotopic (exact) mass is 568 g/mol. The van der Waals surface area contributed by atoms with Crippen LogP contribution in [0.4, 0.5) is 0 Å². The fourth-order valence-corrected chi connectivity index (χ4v) is 6.04. The van der Waals surface area contributed by atoms with Crippen molar-refractivity contribution in [2.45, 2.75) is 0 Å². The number of benzene rings is 3. The van der Waals surface area contributed by atoms with Crippen LogP contribution in [0.2, 0.25) is 0 Å². The van der Waals surface area contributed by atoms with E-state index in [-0.39, 0.29) is 0 Å².